The summed E-state index contributed by atoms with van der Waals surface area (Å²) in [5.74, 6) is -0.0600. The summed E-state index contributed by atoms with van der Waals surface area (Å²) in [6.45, 7) is 12.4. The van der Waals surface area contributed by atoms with Crippen molar-refractivity contribution in [2.24, 2.45) is 7.05 Å². The third-order valence-electron chi connectivity index (χ3n) is 6.27. The molecule has 0 aromatic carbocycles. The Bertz CT molecular complexity index is 1300. The summed E-state index contributed by atoms with van der Waals surface area (Å²) >= 11 is 0. The van der Waals surface area contributed by atoms with Crippen molar-refractivity contribution in [2.75, 3.05) is 26.3 Å². The normalized spacial score (nSPS) is 14.8. The fraction of sp³-hybridized carbons (Fsp3) is 0.346. The van der Waals surface area contributed by atoms with Crippen molar-refractivity contribution in [1.29, 1.82) is 0 Å². The molecule has 0 aliphatic carbocycles. The van der Waals surface area contributed by atoms with E-state index in [0.29, 0.717) is 56.8 Å². The predicted octanol–water partition coefficient (Wildman–Crippen LogP) is 2.99. The summed E-state index contributed by atoms with van der Waals surface area (Å²) < 4.78 is 9.04. The number of aromatic amines is 1. The van der Waals surface area contributed by atoms with Gasteiger partial charge in [-0.2, -0.15) is 0 Å². The number of H-pyrrole nitrogens is 1. The van der Waals surface area contributed by atoms with Gasteiger partial charge in [0.15, 0.2) is 0 Å². The quantitative estimate of drug-likeness (QED) is 0.318. The lowest BCUT2D eigenvalue weighted by atomic mass is 9.95. The zero-order valence-electron chi connectivity index (χ0n) is 19.8. The van der Waals surface area contributed by atoms with Crippen molar-refractivity contribution in [3.05, 3.63) is 83.0 Å². The highest BCUT2D eigenvalue weighted by atomic mass is 16.5. The highest BCUT2D eigenvalue weighted by molar-refractivity contribution is 6.20. The number of pyridine rings is 1. The molecule has 1 aliphatic rings. The van der Waals surface area contributed by atoms with Crippen LogP contribution >= 0.6 is 0 Å². The van der Waals surface area contributed by atoms with Gasteiger partial charge >= 0.3 is 0 Å². The maximum absolute atomic E-state index is 13.8. The Balaban J connectivity index is 1.87. The number of imidazole rings is 1. The number of aryl methyl sites for hydroxylation is 3. The third kappa shape index (κ3) is 4.41. The summed E-state index contributed by atoms with van der Waals surface area (Å²) in [4.78, 5) is 36.1. The summed E-state index contributed by atoms with van der Waals surface area (Å²) in [5, 5.41) is 0.846. The van der Waals surface area contributed by atoms with Gasteiger partial charge in [-0.15, -0.1) is 6.58 Å². The average molecular weight is 462 g/mol. The first-order valence-corrected chi connectivity index (χ1v) is 11.5. The SMILES string of the molecule is C=CCCn1cc(C/C(C=C)=C(\C(=O)N2CCOCC2)c2c(C)ncn2C)c2cc[nH]c2c1=O. The molecule has 1 fully saturated rings. The van der Waals surface area contributed by atoms with Crippen LogP contribution in [0.1, 0.15) is 23.4 Å². The van der Waals surface area contributed by atoms with Gasteiger partial charge in [0.05, 0.1) is 36.5 Å². The number of fused-ring (bicyclic) bond motifs is 1. The van der Waals surface area contributed by atoms with Crippen molar-refractivity contribution >= 4 is 22.4 Å². The van der Waals surface area contributed by atoms with Crippen LogP contribution in [0.2, 0.25) is 0 Å². The van der Waals surface area contributed by atoms with Gasteiger partial charge in [-0.25, -0.2) is 4.98 Å². The van der Waals surface area contributed by atoms with E-state index in [1.165, 1.54) is 0 Å². The Hall–Kier alpha value is -3.65. The van der Waals surface area contributed by atoms with Crippen LogP contribution < -0.4 is 5.56 Å². The number of allylic oxidation sites excluding steroid dienone is 3. The number of rotatable bonds is 8. The summed E-state index contributed by atoms with van der Waals surface area (Å²) in [6.07, 6.45) is 10.1. The molecule has 178 valence electrons. The first-order chi connectivity index (χ1) is 16.5. The lowest BCUT2D eigenvalue weighted by Gasteiger charge is -2.29. The summed E-state index contributed by atoms with van der Waals surface area (Å²) in [7, 11) is 1.89. The van der Waals surface area contributed by atoms with Crippen molar-refractivity contribution in [2.45, 2.75) is 26.3 Å². The predicted molar refractivity (Wildman–Crippen MR) is 134 cm³/mol. The highest BCUT2D eigenvalue weighted by Gasteiger charge is 2.27. The van der Waals surface area contributed by atoms with Crippen molar-refractivity contribution in [1.82, 2.24) is 24.0 Å². The van der Waals surface area contributed by atoms with Gasteiger partial charge in [0, 0.05) is 50.9 Å². The van der Waals surface area contributed by atoms with Gasteiger partial charge in [0.2, 0.25) is 0 Å². The van der Waals surface area contributed by atoms with E-state index in [1.54, 1.807) is 29.2 Å². The standard InChI is InChI=1S/C26H31N5O3/c1-5-7-10-31-16-20(21-8-9-27-23(21)26(31)33)15-19(6-2)22(24-18(3)28-17-29(24)4)25(32)30-11-13-34-14-12-30/h5-6,8-9,16-17,27H,1-2,7,10-15H2,3-4H3/b22-19-. The number of carbonyl (C=O) groups excluding carboxylic acids is 1. The molecule has 4 heterocycles. The molecule has 0 bridgehead atoms. The largest absolute Gasteiger partial charge is 0.378 e. The fourth-order valence-corrected chi connectivity index (χ4v) is 4.50. The Labute approximate surface area is 198 Å². The van der Waals surface area contributed by atoms with E-state index < -0.39 is 0 Å². The molecule has 8 heteroatoms. The second kappa shape index (κ2) is 10.1. The van der Waals surface area contributed by atoms with Gasteiger partial charge in [-0.05, 0) is 30.5 Å². The molecule has 4 rings (SSSR count). The number of ether oxygens (including phenoxy) is 1. The van der Waals surface area contributed by atoms with Crippen LogP contribution in [-0.4, -0.2) is 56.2 Å². The number of morpholine rings is 1. The van der Waals surface area contributed by atoms with Gasteiger partial charge in [0.25, 0.3) is 11.5 Å². The van der Waals surface area contributed by atoms with Gasteiger partial charge in [0.1, 0.15) is 5.52 Å². The topological polar surface area (TPSA) is 85.2 Å². The minimum absolute atomic E-state index is 0.0600. The molecule has 1 aliphatic heterocycles. The number of aromatic nitrogens is 4. The number of amides is 1. The molecule has 1 amide bonds. The minimum atomic E-state index is -0.0678. The van der Waals surface area contributed by atoms with Crippen LogP contribution in [0.4, 0.5) is 0 Å². The lowest BCUT2D eigenvalue weighted by Crippen LogP contribution is -2.41. The molecule has 34 heavy (non-hydrogen) atoms. The Morgan fingerprint density at radius 1 is 1.29 bits per heavy atom. The molecular formula is C26H31N5O3. The Morgan fingerprint density at radius 2 is 2.06 bits per heavy atom. The minimum Gasteiger partial charge on any atom is -0.378 e. The van der Waals surface area contributed by atoms with Crippen molar-refractivity contribution < 1.29 is 9.53 Å². The Kier molecular flexibility index (Phi) is 6.98. The molecule has 8 nitrogen and oxygen atoms in total. The third-order valence-corrected chi connectivity index (χ3v) is 6.27. The molecule has 0 atom stereocenters. The molecule has 1 saturated heterocycles. The smallest absolute Gasteiger partial charge is 0.274 e. The second-order valence-electron chi connectivity index (χ2n) is 8.47. The average Bonchev–Trinajstić information content (AvgIpc) is 3.47. The molecule has 0 radical (unpaired) electrons. The van der Waals surface area contributed by atoms with Gasteiger partial charge in [-0.3, -0.25) is 9.59 Å². The van der Waals surface area contributed by atoms with Crippen LogP contribution in [0.15, 0.2) is 60.5 Å². The zero-order chi connectivity index (χ0) is 24.2. The first kappa shape index (κ1) is 23.5. The van der Waals surface area contributed by atoms with Gasteiger partial charge in [-0.1, -0.05) is 18.7 Å². The number of hydrogen-bond donors (Lipinski definition) is 1. The van der Waals surface area contributed by atoms with E-state index >= 15 is 0 Å². The summed E-state index contributed by atoms with van der Waals surface area (Å²) in [6, 6.07) is 1.91. The monoisotopic (exact) mass is 461 g/mol. The van der Waals surface area contributed by atoms with Crippen LogP contribution in [0.3, 0.4) is 0 Å². The van der Waals surface area contributed by atoms with Gasteiger partial charge < -0.3 is 23.8 Å². The molecule has 0 spiro atoms. The number of nitrogens with zero attached hydrogens (tertiary/aromatic N) is 4. The zero-order valence-corrected chi connectivity index (χ0v) is 19.8. The molecular weight excluding hydrogens is 430 g/mol. The van der Waals surface area contributed by atoms with E-state index in [1.807, 2.05) is 35.7 Å². The summed E-state index contributed by atoms with van der Waals surface area (Å²) in [5.41, 5.74) is 4.37. The molecule has 3 aromatic heterocycles. The van der Waals surface area contributed by atoms with E-state index in [0.717, 1.165) is 27.9 Å². The van der Waals surface area contributed by atoms with E-state index in [4.69, 9.17) is 4.74 Å². The second-order valence-corrected chi connectivity index (χ2v) is 8.47. The van der Waals surface area contributed by atoms with Crippen LogP contribution in [0.5, 0.6) is 0 Å². The maximum atomic E-state index is 13.8. The first-order valence-electron chi connectivity index (χ1n) is 11.5. The van der Waals surface area contributed by atoms with E-state index in [-0.39, 0.29) is 11.5 Å². The van der Waals surface area contributed by atoms with Crippen LogP contribution in [0, 0.1) is 6.92 Å². The van der Waals surface area contributed by atoms with E-state index in [2.05, 4.69) is 23.1 Å². The van der Waals surface area contributed by atoms with Crippen molar-refractivity contribution in [3.8, 4) is 0 Å². The van der Waals surface area contributed by atoms with Crippen LogP contribution in [-0.2, 0) is 29.5 Å². The number of nitrogens with one attached hydrogen (secondary N) is 1. The maximum Gasteiger partial charge on any atom is 0.274 e. The molecule has 1 N–H and O–H groups in total. The molecule has 3 aromatic rings. The fourth-order valence-electron chi connectivity index (χ4n) is 4.50. The molecule has 0 unspecified atom stereocenters. The number of hydrogen-bond acceptors (Lipinski definition) is 4. The Morgan fingerprint density at radius 3 is 2.71 bits per heavy atom. The number of carbonyl (C=O) groups is 1. The van der Waals surface area contributed by atoms with Crippen LogP contribution in [0.25, 0.3) is 16.5 Å². The highest BCUT2D eigenvalue weighted by Crippen LogP contribution is 2.29. The lowest BCUT2D eigenvalue weighted by molar-refractivity contribution is -0.129. The van der Waals surface area contributed by atoms with Crippen molar-refractivity contribution in [3.63, 3.8) is 0 Å². The van der Waals surface area contributed by atoms with E-state index in [9.17, 15) is 9.59 Å². The molecule has 0 saturated carbocycles.